The second-order valence-corrected chi connectivity index (χ2v) is 6.71. The van der Waals surface area contributed by atoms with Crippen molar-refractivity contribution in [1.82, 2.24) is 4.98 Å². The maximum absolute atomic E-state index is 9.79. The number of dihydropyridines is 1. The van der Waals surface area contributed by atoms with Gasteiger partial charge < -0.3 is 19.2 Å². The standard InChI is InChI=1S/C18H25BN2O4/c1-4-10-24-16-18(23-3,15-11-19(22)25-13-15)8-7-17(2,21-16)14-6-5-9-20-12-14/h5-9,12,15,22H,4,10-11,13H2,1-3H3/t15-,17?,18?/m0/s1. The van der Waals surface area contributed by atoms with E-state index in [-0.39, 0.29) is 5.92 Å². The maximum atomic E-state index is 9.79. The summed E-state index contributed by atoms with van der Waals surface area (Å²) in [7, 11) is 0.872. The quantitative estimate of drug-likeness (QED) is 0.655. The van der Waals surface area contributed by atoms with Gasteiger partial charge in [0.1, 0.15) is 5.54 Å². The molecular formula is C18H25BN2O4. The lowest BCUT2D eigenvalue weighted by Crippen LogP contribution is -2.51. The highest BCUT2D eigenvalue weighted by Crippen LogP contribution is 2.41. The van der Waals surface area contributed by atoms with Gasteiger partial charge in [0.25, 0.3) is 0 Å². The number of pyridine rings is 1. The van der Waals surface area contributed by atoms with Crippen LogP contribution in [0.1, 0.15) is 25.8 Å². The van der Waals surface area contributed by atoms with Gasteiger partial charge in [0, 0.05) is 37.6 Å². The number of methoxy groups -OCH3 is 1. The van der Waals surface area contributed by atoms with Crippen LogP contribution in [0.25, 0.3) is 0 Å². The minimum Gasteiger partial charge on any atom is -0.479 e. The van der Waals surface area contributed by atoms with E-state index in [0.717, 1.165) is 12.0 Å². The van der Waals surface area contributed by atoms with Gasteiger partial charge in [0.15, 0.2) is 5.60 Å². The van der Waals surface area contributed by atoms with E-state index in [4.69, 9.17) is 19.1 Å². The van der Waals surface area contributed by atoms with Crippen molar-refractivity contribution in [3.63, 3.8) is 0 Å². The second-order valence-electron chi connectivity index (χ2n) is 6.71. The van der Waals surface area contributed by atoms with E-state index >= 15 is 0 Å². The van der Waals surface area contributed by atoms with Crippen LogP contribution in [0.4, 0.5) is 0 Å². The predicted octanol–water partition coefficient (Wildman–Crippen LogP) is 2.20. The first-order valence-electron chi connectivity index (χ1n) is 8.73. The number of ether oxygens (including phenoxy) is 2. The summed E-state index contributed by atoms with van der Waals surface area (Å²) in [5, 5.41) is 9.79. The summed E-state index contributed by atoms with van der Waals surface area (Å²) in [5.74, 6) is 0.478. The van der Waals surface area contributed by atoms with Crippen molar-refractivity contribution in [3.8, 4) is 0 Å². The van der Waals surface area contributed by atoms with Crippen LogP contribution in [0.15, 0.2) is 41.7 Å². The van der Waals surface area contributed by atoms with Crippen LogP contribution in [0, 0.1) is 5.92 Å². The fraction of sp³-hybridized carbons (Fsp3) is 0.556. The lowest BCUT2D eigenvalue weighted by Gasteiger charge is -2.40. The fourth-order valence-corrected chi connectivity index (χ4v) is 3.40. The van der Waals surface area contributed by atoms with Crippen molar-refractivity contribution >= 4 is 13.0 Å². The van der Waals surface area contributed by atoms with Gasteiger partial charge in [0.05, 0.1) is 6.61 Å². The van der Waals surface area contributed by atoms with E-state index in [1.54, 1.807) is 13.3 Å². The number of hydrogen-bond donors (Lipinski definition) is 1. The molecule has 2 aliphatic rings. The summed E-state index contributed by atoms with van der Waals surface area (Å²) in [4.78, 5) is 9.13. The molecule has 3 rings (SSSR count). The van der Waals surface area contributed by atoms with Crippen molar-refractivity contribution in [1.29, 1.82) is 0 Å². The smallest absolute Gasteiger partial charge is 0.454 e. The summed E-state index contributed by atoms with van der Waals surface area (Å²) in [6.07, 6.45) is 8.94. The highest BCUT2D eigenvalue weighted by atomic mass is 16.6. The normalized spacial score (nSPS) is 31.9. The molecule has 25 heavy (non-hydrogen) atoms. The summed E-state index contributed by atoms with van der Waals surface area (Å²) in [5.41, 5.74) is -0.414. The SMILES string of the molecule is CCCOC1=NC(C)(c2cccnc2)C=CC1(OC)[C@@H]1COB(O)C1. The van der Waals surface area contributed by atoms with Gasteiger partial charge in [-0.05, 0) is 31.8 Å². The molecule has 134 valence electrons. The molecule has 1 fully saturated rings. The molecule has 1 N–H and O–H groups in total. The van der Waals surface area contributed by atoms with Crippen molar-refractivity contribution in [3.05, 3.63) is 42.2 Å². The topological polar surface area (TPSA) is 73.2 Å². The molecule has 0 aromatic carbocycles. The third-order valence-corrected chi connectivity index (χ3v) is 4.93. The number of hydrogen-bond acceptors (Lipinski definition) is 6. The molecule has 7 heteroatoms. The van der Waals surface area contributed by atoms with Crippen molar-refractivity contribution in [2.45, 2.75) is 37.7 Å². The van der Waals surface area contributed by atoms with Crippen molar-refractivity contribution in [2.24, 2.45) is 10.9 Å². The number of nitrogens with zero attached hydrogens (tertiary/aromatic N) is 2. The molecule has 0 saturated carbocycles. The Hall–Kier alpha value is -1.70. The van der Waals surface area contributed by atoms with E-state index in [1.165, 1.54) is 0 Å². The molecule has 1 aromatic heterocycles. The van der Waals surface area contributed by atoms with Crippen LogP contribution in [0.3, 0.4) is 0 Å². The summed E-state index contributed by atoms with van der Waals surface area (Å²) in [6, 6.07) is 3.90. The molecule has 3 atom stereocenters. The Labute approximate surface area is 149 Å². The highest BCUT2D eigenvalue weighted by molar-refractivity contribution is 6.43. The number of aliphatic imine (C=N–C) groups is 1. The highest BCUT2D eigenvalue weighted by Gasteiger charge is 2.51. The summed E-state index contributed by atoms with van der Waals surface area (Å²) in [6.45, 7) is 5.03. The van der Waals surface area contributed by atoms with E-state index in [9.17, 15) is 5.02 Å². The Bertz CT molecular complexity index is 654. The molecule has 2 aliphatic heterocycles. The minimum atomic E-state index is -0.825. The second kappa shape index (κ2) is 7.27. The lowest BCUT2D eigenvalue weighted by molar-refractivity contribution is 0.0138. The van der Waals surface area contributed by atoms with Gasteiger partial charge in [-0.1, -0.05) is 19.1 Å². The van der Waals surface area contributed by atoms with Gasteiger partial charge in [-0.25, -0.2) is 4.99 Å². The average molecular weight is 344 g/mol. The van der Waals surface area contributed by atoms with Crippen LogP contribution in [0.2, 0.25) is 6.32 Å². The Balaban J connectivity index is 2.00. The summed E-state index contributed by atoms with van der Waals surface area (Å²) >= 11 is 0. The van der Waals surface area contributed by atoms with Gasteiger partial charge in [-0.2, -0.15) is 0 Å². The van der Waals surface area contributed by atoms with Crippen LogP contribution in [-0.2, 0) is 19.7 Å². The van der Waals surface area contributed by atoms with Gasteiger partial charge >= 0.3 is 7.12 Å². The number of aromatic nitrogens is 1. The third kappa shape index (κ3) is 3.36. The molecular weight excluding hydrogens is 319 g/mol. The van der Waals surface area contributed by atoms with E-state index < -0.39 is 18.3 Å². The molecule has 0 amide bonds. The van der Waals surface area contributed by atoms with Gasteiger partial charge in [-0.15, -0.1) is 0 Å². The first-order valence-corrected chi connectivity index (χ1v) is 8.73. The predicted molar refractivity (Wildman–Crippen MR) is 96.4 cm³/mol. The minimum absolute atomic E-state index is 0.0576. The molecule has 6 nitrogen and oxygen atoms in total. The Morgan fingerprint density at radius 2 is 2.28 bits per heavy atom. The molecule has 0 radical (unpaired) electrons. The molecule has 0 spiro atoms. The monoisotopic (exact) mass is 344 g/mol. The van der Waals surface area contributed by atoms with Gasteiger partial charge in [-0.3, -0.25) is 4.98 Å². The molecule has 1 aromatic rings. The average Bonchev–Trinajstić information content (AvgIpc) is 3.08. The van der Waals surface area contributed by atoms with Crippen molar-refractivity contribution < 1.29 is 19.2 Å². The van der Waals surface area contributed by atoms with Crippen LogP contribution in [-0.4, -0.2) is 48.9 Å². The van der Waals surface area contributed by atoms with Crippen LogP contribution >= 0.6 is 0 Å². The van der Waals surface area contributed by atoms with Crippen molar-refractivity contribution in [2.75, 3.05) is 20.3 Å². The fourth-order valence-electron chi connectivity index (χ4n) is 3.40. The zero-order valence-electron chi connectivity index (χ0n) is 15.0. The molecule has 1 saturated heterocycles. The Morgan fingerprint density at radius 3 is 2.88 bits per heavy atom. The van der Waals surface area contributed by atoms with E-state index in [1.807, 2.05) is 37.4 Å². The van der Waals surface area contributed by atoms with Gasteiger partial charge in [0.2, 0.25) is 5.90 Å². The number of rotatable bonds is 5. The zero-order chi connectivity index (χ0) is 17.9. The maximum Gasteiger partial charge on any atom is 0.454 e. The first-order chi connectivity index (χ1) is 12.0. The van der Waals surface area contributed by atoms with Crippen LogP contribution < -0.4 is 0 Å². The molecule has 3 heterocycles. The third-order valence-electron chi connectivity index (χ3n) is 4.93. The largest absolute Gasteiger partial charge is 0.479 e. The van der Waals surface area contributed by atoms with Crippen LogP contribution in [0.5, 0.6) is 0 Å². The zero-order valence-corrected chi connectivity index (χ0v) is 15.0. The Morgan fingerprint density at radius 1 is 1.44 bits per heavy atom. The summed E-state index contributed by atoms with van der Waals surface area (Å²) < 4.78 is 17.3. The molecule has 2 unspecified atom stereocenters. The van der Waals surface area contributed by atoms with E-state index in [0.29, 0.717) is 25.4 Å². The Kier molecular flexibility index (Phi) is 5.27. The first kappa shape index (κ1) is 18.1. The lowest BCUT2D eigenvalue weighted by atomic mass is 9.72. The van der Waals surface area contributed by atoms with E-state index in [2.05, 4.69) is 11.9 Å². The molecule has 0 aliphatic carbocycles. The molecule has 0 bridgehead atoms.